The molecule has 1 heterocycles. The van der Waals surface area contributed by atoms with Crippen LogP contribution in [0.3, 0.4) is 0 Å². The van der Waals surface area contributed by atoms with Crippen LogP contribution in [0.1, 0.15) is 77.2 Å². The van der Waals surface area contributed by atoms with Gasteiger partial charge in [-0.3, -0.25) is 0 Å². The van der Waals surface area contributed by atoms with Gasteiger partial charge in [0.25, 0.3) is 0 Å². The maximum atomic E-state index is 11.8. The number of nitrogens with two attached hydrogens (primary N) is 1. The summed E-state index contributed by atoms with van der Waals surface area (Å²) in [6.07, 6.45) is 14.7. The zero-order valence-electron chi connectivity index (χ0n) is 18.2. The number of fused-ring (bicyclic) bond motifs is 5. The van der Waals surface area contributed by atoms with Crippen molar-refractivity contribution in [3.05, 3.63) is 24.2 Å². The Kier molecular flexibility index (Phi) is 4.92. The van der Waals surface area contributed by atoms with E-state index in [4.69, 9.17) is 14.9 Å². The van der Waals surface area contributed by atoms with E-state index in [0.717, 1.165) is 42.6 Å². The Hall–Kier alpha value is -0.840. The molecule has 0 bridgehead atoms. The van der Waals surface area contributed by atoms with Crippen LogP contribution in [0.4, 0.5) is 0 Å². The van der Waals surface area contributed by atoms with Crippen molar-refractivity contribution in [2.75, 3.05) is 13.2 Å². The summed E-state index contributed by atoms with van der Waals surface area (Å²) in [5.41, 5.74) is 6.36. The number of hydrogen-bond donors (Lipinski definition) is 2. The van der Waals surface area contributed by atoms with Gasteiger partial charge in [0, 0.05) is 17.5 Å². The molecule has 5 rings (SSSR count). The van der Waals surface area contributed by atoms with Crippen molar-refractivity contribution in [3.63, 3.8) is 0 Å². The van der Waals surface area contributed by atoms with E-state index in [-0.39, 0.29) is 5.41 Å². The minimum Gasteiger partial charge on any atom is -0.472 e. The third-order valence-corrected chi connectivity index (χ3v) is 10.2. The van der Waals surface area contributed by atoms with Gasteiger partial charge in [-0.1, -0.05) is 13.8 Å². The van der Waals surface area contributed by atoms with E-state index in [1.807, 2.05) is 6.07 Å². The second-order valence-electron chi connectivity index (χ2n) is 11.1. The summed E-state index contributed by atoms with van der Waals surface area (Å²) in [6.45, 7) is 6.30. The van der Waals surface area contributed by atoms with Crippen molar-refractivity contribution >= 4 is 0 Å². The van der Waals surface area contributed by atoms with Gasteiger partial charge in [0.2, 0.25) is 0 Å². The van der Waals surface area contributed by atoms with Crippen LogP contribution >= 0.6 is 0 Å². The zero-order chi connectivity index (χ0) is 20.3. The quantitative estimate of drug-likeness (QED) is 0.756. The first-order valence-electron chi connectivity index (χ1n) is 12.0. The third kappa shape index (κ3) is 2.81. The van der Waals surface area contributed by atoms with Crippen LogP contribution in [0.15, 0.2) is 23.0 Å². The first-order valence-corrected chi connectivity index (χ1v) is 12.0. The van der Waals surface area contributed by atoms with E-state index in [0.29, 0.717) is 30.6 Å². The van der Waals surface area contributed by atoms with Gasteiger partial charge in [-0.05, 0) is 92.9 Å². The van der Waals surface area contributed by atoms with Crippen LogP contribution in [0.25, 0.3) is 0 Å². The predicted octanol–water partition coefficient (Wildman–Crippen LogP) is 4.85. The standard InChI is InChI=1S/C25H39NO3/c1-23-9-5-19(29-14-12-26)15-17(23)3-4-20-21(23)6-10-24(2)22(20)7-11-25(24,27)18-8-13-28-16-18/h8,13,16-17,19-22,27H,3-7,9-12,14-15,26H2,1-2H3/t17?,19-,20+,21-,22-,23-,24-,25+/m0/s1. The lowest BCUT2D eigenvalue weighted by Gasteiger charge is -2.61. The van der Waals surface area contributed by atoms with E-state index < -0.39 is 5.60 Å². The van der Waals surface area contributed by atoms with Crippen LogP contribution in [-0.2, 0) is 10.3 Å². The highest BCUT2D eigenvalue weighted by Gasteiger charge is 2.65. The van der Waals surface area contributed by atoms with Gasteiger partial charge in [0.15, 0.2) is 0 Å². The second kappa shape index (κ2) is 7.10. The molecule has 8 atom stereocenters. The molecule has 0 saturated heterocycles. The highest BCUT2D eigenvalue weighted by molar-refractivity contribution is 5.26. The Morgan fingerprint density at radius 3 is 2.69 bits per heavy atom. The molecule has 0 aliphatic heterocycles. The highest BCUT2D eigenvalue weighted by Crippen LogP contribution is 2.70. The Bertz CT molecular complexity index is 720. The SMILES string of the molecule is C[C@]12CC[C@H](OCCN)CC1CC[C@@H]1[C@@H]2CC[C@@]2(C)[C@H]1CC[C@@]2(O)c1ccoc1. The summed E-state index contributed by atoms with van der Waals surface area (Å²) in [4.78, 5) is 0. The molecule has 1 aromatic rings. The monoisotopic (exact) mass is 401 g/mol. The Morgan fingerprint density at radius 1 is 1.10 bits per heavy atom. The molecule has 3 N–H and O–H groups in total. The summed E-state index contributed by atoms with van der Waals surface area (Å²) in [7, 11) is 0. The molecular weight excluding hydrogens is 362 g/mol. The van der Waals surface area contributed by atoms with Crippen LogP contribution < -0.4 is 5.73 Å². The molecule has 29 heavy (non-hydrogen) atoms. The fraction of sp³-hybridized carbons (Fsp3) is 0.840. The smallest absolute Gasteiger partial charge is 0.0983 e. The van der Waals surface area contributed by atoms with Crippen LogP contribution in [0.5, 0.6) is 0 Å². The van der Waals surface area contributed by atoms with Gasteiger partial charge in [-0.25, -0.2) is 0 Å². The van der Waals surface area contributed by atoms with E-state index in [9.17, 15) is 5.11 Å². The molecule has 0 spiro atoms. The molecule has 0 aromatic carbocycles. The second-order valence-corrected chi connectivity index (χ2v) is 11.1. The molecule has 4 heteroatoms. The van der Waals surface area contributed by atoms with Crippen molar-refractivity contribution in [1.82, 2.24) is 0 Å². The van der Waals surface area contributed by atoms with Gasteiger partial charge >= 0.3 is 0 Å². The molecule has 4 fully saturated rings. The van der Waals surface area contributed by atoms with Crippen LogP contribution in [0, 0.1) is 34.5 Å². The van der Waals surface area contributed by atoms with Crippen molar-refractivity contribution in [3.8, 4) is 0 Å². The maximum Gasteiger partial charge on any atom is 0.0983 e. The molecule has 1 unspecified atom stereocenters. The van der Waals surface area contributed by atoms with Gasteiger partial charge in [0.1, 0.15) is 0 Å². The molecule has 1 aromatic heterocycles. The molecule has 162 valence electrons. The van der Waals surface area contributed by atoms with Gasteiger partial charge < -0.3 is 20.0 Å². The average molecular weight is 402 g/mol. The summed E-state index contributed by atoms with van der Waals surface area (Å²) in [5.74, 6) is 2.99. The van der Waals surface area contributed by atoms with Crippen molar-refractivity contribution in [2.45, 2.75) is 83.3 Å². The topological polar surface area (TPSA) is 68.6 Å². The Labute approximate surface area is 175 Å². The van der Waals surface area contributed by atoms with E-state index in [1.165, 1.54) is 38.5 Å². The zero-order valence-corrected chi connectivity index (χ0v) is 18.2. The molecule has 4 aliphatic carbocycles. The minimum absolute atomic E-state index is 0.0251. The Morgan fingerprint density at radius 2 is 1.93 bits per heavy atom. The summed E-state index contributed by atoms with van der Waals surface area (Å²) < 4.78 is 11.4. The van der Waals surface area contributed by atoms with E-state index in [2.05, 4.69) is 13.8 Å². The normalized spacial score (nSPS) is 49.3. The summed E-state index contributed by atoms with van der Waals surface area (Å²) in [5, 5.41) is 11.8. The molecular formula is C25H39NO3. The summed E-state index contributed by atoms with van der Waals surface area (Å²) >= 11 is 0. The number of rotatable bonds is 4. The van der Waals surface area contributed by atoms with Gasteiger partial charge in [-0.2, -0.15) is 0 Å². The molecule has 4 saturated carbocycles. The highest BCUT2D eigenvalue weighted by atomic mass is 16.5. The number of hydrogen-bond acceptors (Lipinski definition) is 4. The number of ether oxygens (including phenoxy) is 1. The van der Waals surface area contributed by atoms with Crippen molar-refractivity contribution < 1.29 is 14.3 Å². The molecule has 4 aliphatic rings. The van der Waals surface area contributed by atoms with Crippen molar-refractivity contribution in [1.29, 1.82) is 0 Å². The largest absolute Gasteiger partial charge is 0.472 e. The molecule has 4 nitrogen and oxygen atoms in total. The number of furan rings is 1. The first-order chi connectivity index (χ1) is 13.9. The average Bonchev–Trinajstić information content (AvgIpc) is 3.34. The van der Waals surface area contributed by atoms with Crippen LogP contribution in [0.2, 0.25) is 0 Å². The number of aliphatic hydroxyl groups is 1. The molecule has 0 amide bonds. The Balaban J connectivity index is 1.37. The molecule has 0 radical (unpaired) electrons. The van der Waals surface area contributed by atoms with Crippen LogP contribution in [-0.4, -0.2) is 24.4 Å². The van der Waals surface area contributed by atoms with Crippen molar-refractivity contribution in [2.24, 2.45) is 40.2 Å². The maximum absolute atomic E-state index is 11.8. The van der Waals surface area contributed by atoms with E-state index in [1.54, 1.807) is 12.5 Å². The summed E-state index contributed by atoms with van der Waals surface area (Å²) in [6, 6.07) is 1.99. The lowest BCUT2D eigenvalue weighted by Crippen LogP contribution is -2.56. The first kappa shape index (κ1) is 20.1. The lowest BCUT2D eigenvalue weighted by molar-refractivity contribution is -0.164. The third-order valence-electron chi connectivity index (χ3n) is 10.2. The van der Waals surface area contributed by atoms with E-state index >= 15 is 0 Å². The van der Waals surface area contributed by atoms with Gasteiger partial charge in [0.05, 0.1) is 30.8 Å². The van der Waals surface area contributed by atoms with Gasteiger partial charge in [-0.15, -0.1) is 0 Å². The predicted molar refractivity (Wildman–Crippen MR) is 113 cm³/mol. The fourth-order valence-electron chi connectivity index (χ4n) is 8.59. The fourth-order valence-corrected chi connectivity index (χ4v) is 8.59. The minimum atomic E-state index is -0.721. The lowest BCUT2D eigenvalue weighted by atomic mass is 9.44.